The van der Waals surface area contributed by atoms with Crippen LogP contribution in [0, 0.1) is 12.7 Å². The molecule has 0 aliphatic rings. The van der Waals surface area contributed by atoms with Gasteiger partial charge in [-0.3, -0.25) is 0 Å². The van der Waals surface area contributed by atoms with Crippen molar-refractivity contribution in [1.82, 2.24) is 0 Å². The third-order valence-electron chi connectivity index (χ3n) is 1.51. The van der Waals surface area contributed by atoms with E-state index in [0.717, 1.165) is 6.07 Å². The van der Waals surface area contributed by atoms with Gasteiger partial charge in [-0.1, -0.05) is 19.9 Å². The lowest BCUT2D eigenvalue weighted by Gasteiger charge is -2.03. The second-order valence-corrected chi connectivity index (χ2v) is 2.59. The summed E-state index contributed by atoms with van der Waals surface area (Å²) in [5, 5.41) is 8.28. The molecule has 15 heavy (non-hydrogen) atoms. The van der Waals surface area contributed by atoms with Gasteiger partial charge in [-0.25, -0.2) is 9.18 Å². The minimum absolute atomic E-state index is 0.227. The molecule has 4 heteroatoms. The van der Waals surface area contributed by atoms with E-state index in [1.807, 2.05) is 13.8 Å². The van der Waals surface area contributed by atoms with Crippen LogP contribution in [0.3, 0.4) is 0 Å². The van der Waals surface area contributed by atoms with Crippen LogP contribution in [0.2, 0.25) is 0 Å². The predicted octanol–water partition coefficient (Wildman–Crippen LogP) is 2.62. The number of aliphatic carboxylic acids is 1. The molecule has 3 nitrogen and oxygen atoms in total. The quantitative estimate of drug-likeness (QED) is 0.841. The molecule has 0 heterocycles. The van der Waals surface area contributed by atoms with E-state index in [1.54, 1.807) is 6.92 Å². The number of carbonyl (C=O) groups is 1. The number of rotatable bonds is 3. The van der Waals surface area contributed by atoms with Crippen molar-refractivity contribution in [2.24, 2.45) is 0 Å². The second kappa shape index (κ2) is 6.81. The van der Waals surface area contributed by atoms with Crippen molar-refractivity contribution in [3.63, 3.8) is 0 Å². The average Bonchev–Trinajstić information content (AvgIpc) is 2.23. The van der Waals surface area contributed by atoms with Crippen molar-refractivity contribution in [2.45, 2.75) is 20.8 Å². The van der Waals surface area contributed by atoms with E-state index in [9.17, 15) is 9.18 Å². The molecule has 0 aliphatic carbocycles. The van der Waals surface area contributed by atoms with Gasteiger partial charge in [-0.15, -0.1) is 0 Å². The first-order valence-corrected chi connectivity index (χ1v) is 4.70. The summed E-state index contributed by atoms with van der Waals surface area (Å²) in [4.78, 5) is 10.1. The zero-order chi connectivity index (χ0) is 11.8. The largest absolute Gasteiger partial charge is 0.482 e. The molecule has 0 fully saturated rings. The Bertz CT molecular complexity index is 324. The molecule has 0 saturated carbocycles. The molecule has 1 rings (SSSR count). The van der Waals surface area contributed by atoms with Gasteiger partial charge in [0.2, 0.25) is 0 Å². The number of ether oxygens (including phenoxy) is 1. The molecule has 84 valence electrons. The minimum atomic E-state index is -1.08. The molecule has 0 saturated heterocycles. The van der Waals surface area contributed by atoms with E-state index in [1.165, 1.54) is 12.1 Å². The first-order chi connectivity index (χ1) is 7.09. The topological polar surface area (TPSA) is 46.5 Å². The molecule has 0 radical (unpaired) electrons. The molecule has 0 aromatic heterocycles. The molecular weight excluding hydrogens is 199 g/mol. The standard InChI is InChI=1S/C9H9FO3.C2H6/c1-6-2-3-7(4-8(6)10)13-5-9(11)12;1-2/h2-4H,5H2,1H3,(H,11,12);1-2H3. The first-order valence-electron chi connectivity index (χ1n) is 4.70. The SMILES string of the molecule is CC.Cc1ccc(OCC(=O)O)cc1F. The lowest BCUT2D eigenvalue weighted by Crippen LogP contribution is -2.09. The van der Waals surface area contributed by atoms with Crippen LogP contribution in [0.25, 0.3) is 0 Å². The Morgan fingerprint density at radius 1 is 1.47 bits per heavy atom. The van der Waals surface area contributed by atoms with Gasteiger partial charge in [0.15, 0.2) is 6.61 Å². The Morgan fingerprint density at radius 2 is 2.07 bits per heavy atom. The monoisotopic (exact) mass is 214 g/mol. The van der Waals surface area contributed by atoms with Gasteiger partial charge >= 0.3 is 5.97 Å². The lowest BCUT2D eigenvalue weighted by atomic mass is 10.2. The van der Waals surface area contributed by atoms with Crippen molar-refractivity contribution < 1.29 is 19.0 Å². The highest BCUT2D eigenvalue weighted by Gasteiger charge is 2.02. The van der Waals surface area contributed by atoms with Gasteiger partial charge in [0.1, 0.15) is 11.6 Å². The molecule has 0 atom stereocenters. The number of halogens is 1. The van der Waals surface area contributed by atoms with Gasteiger partial charge in [0, 0.05) is 6.07 Å². The summed E-state index contributed by atoms with van der Waals surface area (Å²) >= 11 is 0. The number of carboxylic acids is 1. The van der Waals surface area contributed by atoms with E-state index < -0.39 is 18.4 Å². The number of hydrogen-bond acceptors (Lipinski definition) is 2. The van der Waals surface area contributed by atoms with E-state index in [2.05, 4.69) is 0 Å². The molecule has 0 spiro atoms. The Kier molecular flexibility index (Phi) is 6.09. The van der Waals surface area contributed by atoms with E-state index in [4.69, 9.17) is 9.84 Å². The molecule has 0 bridgehead atoms. The number of aryl methyl sites for hydroxylation is 1. The van der Waals surface area contributed by atoms with Crippen LogP contribution in [-0.4, -0.2) is 17.7 Å². The van der Waals surface area contributed by atoms with Gasteiger partial charge in [0.05, 0.1) is 0 Å². The van der Waals surface area contributed by atoms with Crippen LogP contribution in [0.4, 0.5) is 4.39 Å². The fourth-order valence-corrected chi connectivity index (χ4v) is 0.808. The zero-order valence-corrected chi connectivity index (χ0v) is 9.08. The van der Waals surface area contributed by atoms with Crippen LogP contribution >= 0.6 is 0 Å². The summed E-state index contributed by atoms with van der Waals surface area (Å²) in [7, 11) is 0. The fourth-order valence-electron chi connectivity index (χ4n) is 0.808. The Morgan fingerprint density at radius 3 is 2.53 bits per heavy atom. The summed E-state index contributed by atoms with van der Waals surface area (Å²) in [6.07, 6.45) is 0. The summed E-state index contributed by atoms with van der Waals surface area (Å²) in [5.74, 6) is -1.26. The highest BCUT2D eigenvalue weighted by Crippen LogP contribution is 2.15. The third kappa shape index (κ3) is 5.00. The molecule has 1 aromatic rings. The summed E-state index contributed by atoms with van der Waals surface area (Å²) < 4.78 is 17.6. The first kappa shape index (κ1) is 13.4. The summed E-state index contributed by atoms with van der Waals surface area (Å²) in [6.45, 7) is 5.17. The Balaban J connectivity index is 0.000000921. The number of benzene rings is 1. The average molecular weight is 214 g/mol. The highest BCUT2D eigenvalue weighted by atomic mass is 19.1. The maximum absolute atomic E-state index is 12.9. The fraction of sp³-hybridized carbons (Fsp3) is 0.364. The molecule has 0 aliphatic heterocycles. The Hall–Kier alpha value is -1.58. The van der Waals surface area contributed by atoms with Crippen LogP contribution in [0.15, 0.2) is 18.2 Å². The number of hydrogen-bond donors (Lipinski definition) is 1. The van der Waals surface area contributed by atoms with Gasteiger partial charge in [-0.05, 0) is 18.6 Å². The van der Waals surface area contributed by atoms with E-state index in [0.29, 0.717) is 5.56 Å². The van der Waals surface area contributed by atoms with E-state index in [-0.39, 0.29) is 5.75 Å². The number of carboxylic acid groups (broad SMARTS) is 1. The molecule has 0 unspecified atom stereocenters. The molecule has 1 N–H and O–H groups in total. The Labute approximate surface area is 88.5 Å². The normalized spacial score (nSPS) is 8.80. The molecule has 0 amide bonds. The minimum Gasteiger partial charge on any atom is -0.482 e. The zero-order valence-electron chi connectivity index (χ0n) is 9.08. The van der Waals surface area contributed by atoms with Crippen LogP contribution < -0.4 is 4.74 Å². The highest BCUT2D eigenvalue weighted by molar-refractivity contribution is 5.68. The third-order valence-corrected chi connectivity index (χ3v) is 1.51. The maximum atomic E-state index is 12.9. The van der Waals surface area contributed by atoms with Gasteiger partial charge in [0.25, 0.3) is 0 Å². The maximum Gasteiger partial charge on any atom is 0.341 e. The van der Waals surface area contributed by atoms with Crippen molar-refractivity contribution in [3.8, 4) is 5.75 Å². The summed E-state index contributed by atoms with van der Waals surface area (Å²) in [6, 6.07) is 4.23. The molecule has 1 aromatic carbocycles. The smallest absolute Gasteiger partial charge is 0.341 e. The van der Waals surface area contributed by atoms with Crippen molar-refractivity contribution in [1.29, 1.82) is 0 Å². The summed E-state index contributed by atoms with van der Waals surface area (Å²) in [5.41, 5.74) is 0.502. The van der Waals surface area contributed by atoms with Crippen LogP contribution in [0.5, 0.6) is 5.75 Å². The van der Waals surface area contributed by atoms with E-state index >= 15 is 0 Å². The van der Waals surface area contributed by atoms with Crippen LogP contribution in [-0.2, 0) is 4.79 Å². The van der Waals surface area contributed by atoms with Gasteiger partial charge < -0.3 is 9.84 Å². The van der Waals surface area contributed by atoms with Gasteiger partial charge in [-0.2, -0.15) is 0 Å². The van der Waals surface area contributed by atoms with Crippen LogP contribution in [0.1, 0.15) is 19.4 Å². The predicted molar refractivity (Wildman–Crippen MR) is 55.6 cm³/mol. The molecular formula is C11H15FO3. The van der Waals surface area contributed by atoms with Crippen molar-refractivity contribution in [3.05, 3.63) is 29.6 Å². The second-order valence-electron chi connectivity index (χ2n) is 2.59. The van der Waals surface area contributed by atoms with Crippen molar-refractivity contribution >= 4 is 5.97 Å². The van der Waals surface area contributed by atoms with Crippen molar-refractivity contribution in [2.75, 3.05) is 6.61 Å². The lowest BCUT2D eigenvalue weighted by molar-refractivity contribution is -0.139.